The maximum atomic E-state index is 5.52. The maximum Gasteiger partial charge on any atom is 0.192 e. The minimum Gasteiger partial charge on any atom is -0.333 e. The molecule has 15 heavy (non-hydrogen) atoms. The zero-order valence-electron chi connectivity index (χ0n) is 11.2. The molecule has 0 heterocycles. The van der Waals surface area contributed by atoms with Gasteiger partial charge < -0.3 is 9.47 Å². The standard InChI is InChI=1S/C12H28NO2/c1-7-9-10-13(8-2,11(3)14-5)12(4)15-6/h11-12H,7-10H2,1-6H3/q+1. The van der Waals surface area contributed by atoms with E-state index in [4.69, 9.17) is 9.47 Å². The van der Waals surface area contributed by atoms with Crippen LogP contribution in [0.15, 0.2) is 0 Å². The summed E-state index contributed by atoms with van der Waals surface area (Å²) in [4.78, 5) is 0. The smallest absolute Gasteiger partial charge is 0.192 e. The van der Waals surface area contributed by atoms with Crippen LogP contribution in [0.5, 0.6) is 0 Å². The highest BCUT2D eigenvalue weighted by Crippen LogP contribution is 2.21. The van der Waals surface area contributed by atoms with E-state index >= 15 is 0 Å². The molecule has 0 aromatic carbocycles. The molecule has 0 fully saturated rings. The molecular formula is C12H28NO2+. The topological polar surface area (TPSA) is 18.5 Å². The largest absolute Gasteiger partial charge is 0.333 e. The molecule has 0 aromatic heterocycles. The molecule has 0 N–H and O–H groups in total. The fourth-order valence-electron chi connectivity index (χ4n) is 2.20. The van der Waals surface area contributed by atoms with Gasteiger partial charge in [-0.1, -0.05) is 13.3 Å². The molecule has 0 aliphatic heterocycles. The van der Waals surface area contributed by atoms with Gasteiger partial charge in [0.1, 0.15) is 0 Å². The van der Waals surface area contributed by atoms with Crippen molar-refractivity contribution in [2.24, 2.45) is 0 Å². The lowest BCUT2D eigenvalue weighted by atomic mass is 10.2. The lowest BCUT2D eigenvalue weighted by Gasteiger charge is -2.45. The van der Waals surface area contributed by atoms with Gasteiger partial charge in [0, 0.05) is 28.1 Å². The average Bonchev–Trinajstić information content (AvgIpc) is 2.29. The molecular weight excluding hydrogens is 190 g/mol. The Kier molecular flexibility index (Phi) is 7.14. The van der Waals surface area contributed by atoms with Gasteiger partial charge in [-0.3, -0.25) is 4.48 Å². The first-order valence-corrected chi connectivity index (χ1v) is 6.01. The van der Waals surface area contributed by atoms with Crippen LogP contribution in [0.25, 0.3) is 0 Å². The summed E-state index contributed by atoms with van der Waals surface area (Å²) >= 11 is 0. The van der Waals surface area contributed by atoms with Crippen LogP contribution in [0.1, 0.15) is 40.5 Å². The zero-order valence-corrected chi connectivity index (χ0v) is 11.2. The number of ether oxygens (including phenoxy) is 2. The molecule has 0 aliphatic carbocycles. The second kappa shape index (κ2) is 7.20. The highest BCUT2D eigenvalue weighted by Gasteiger charge is 2.37. The monoisotopic (exact) mass is 218 g/mol. The van der Waals surface area contributed by atoms with Gasteiger partial charge >= 0.3 is 0 Å². The van der Waals surface area contributed by atoms with Gasteiger partial charge in [0.15, 0.2) is 12.5 Å². The summed E-state index contributed by atoms with van der Waals surface area (Å²) in [5.41, 5.74) is 0. The van der Waals surface area contributed by atoms with E-state index < -0.39 is 0 Å². The lowest BCUT2D eigenvalue weighted by Crippen LogP contribution is -2.61. The zero-order chi connectivity index (χ0) is 11.9. The predicted molar refractivity (Wildman–Crippen MR) is 63.5 cm³/mol. The van der Waals surface area contributed by atoms with Crippen molar-refractivity contribution in [3.8, 4) is 0 Å². The van der Waals surface area contributed by atoms with E-state index in [2.05, 4.69) is 27.7 Å². The molecule has 0 aliphatic rings. The van der Waals surface area contributed by atoms with Crippen LogP contribution in [0, 0.1) is 0 Å². The van der Waals surface area contributed by atoms with Crippen LogP contribution in [0.3, 0.4) is 0 Å². The van der Waals surface area contributed by atoms with E-state index in [1.807, 2.05) is 0 Å². The molecule has 0 aromatic rings. The Morgan fingerprint density at radius 3 is 1.73 bits per heavy atom. The molecule has 0 saturated carbocycles. The van der Waals surface area contributed by atoms with E-state index in [1.165, 1.54) is 12.8 Å². The van der Waals surface area contributed by atoms with E-state index in [1.54, 1.807) is 14.2 Å². The van der Waals surface area contributed by atoms with Crippen LogP contribution < -0.4 is 0 Å². The Morgan fingerprint density at radius 2 is 1.47 bits per heavy atom. The van der Waals surface area contributed by atoms with Crippen molar-refractivity contribution in [1.82, 2.24) is 0 Å². The molecule has 2 atom stereocenters. The summed E-state index contributed by atoms with van der Waals surface area (Å²) < 4.78 is 11.9. The van der Waals surface area contributed by atoms with Gasteiger partial charge in [-0.25, -0.2) is 0 Å². The SMILES string of the molecule is CCCC[N+](CC)(C(C)OC)C(C)OC. The molecule has 0 spiro atoms. The van der Waals surface area contributed by atoms with Crippen molar-refractivity contribution in [2.75, 3.05) is 27.3 Å². The summed E-state index contributed by atoms with van der Waals surface area (Å²) in [6.07, 6.45) is 2.82. The Bertz CT molecular complexity index is 152. The summed E-state index contributed by atoms with van der Waals surface area (Å²) in [5, 5.41) is 0. The first kappa shape index (κ1) is 14.9. The van der Waals surface area contributed by atoms with Gasteiger partial charge in [0.25, 0.3) is 0 Å². The minimum absolute atomic E-state index is 0.191. The fraction of sp³-hybridized carbons (Fsp3) is 1.00. The molecule has 3 nitrogen and oxygen atoms in total. The van der Waals surface area contributed by atoms with E-state index in [0.29, 0.717) is 0 Å². The van der Waals surface area contributed by atoms with E-state index in [-0.39, 0.29) is 12.5 Å². The number of nitrogens with zero attached hydrogens (tertiary/aromatic N) is 1. The summed E-state index contributed by atoms with van der Waals surface area (Å²) in [6.45, 7) is 10.9. The number of methoxy groups -OCH3 is 2. The van der Waals surface area contributed by atoms with Crippen molar-refractivity contribution < 1.29 is 14.0 Å². The predicted octanol–water partition coefficient (Wildman–Crippen LogP) is 2.61. The third kappa shape index (κ3) is 3.44. The molecule has 2 unspecified atom stereocenters. The molecule has 92 valence electrons. The minimum atomic E-state index is 0.191. The van der Waals surface area contributed by atoms with E-state index in [0.717, 1.165) is 17.6 Å². The fourth-order valence-corrected chi connectivity index (χ4v) is 2.20. The van der Waals surface area contributed by atoms with Crippen LogP contribution in [0.2, 0.25) is 0 Å². The highest BCUT2D eigenvalue weighted by molar-refractivity contribution is 4.48. The Balaban J connectivity index is 4.74. The van der Waals surface area contributed by atoms with Crippen LogP contribution in [0.4, 0.5) is 0 Å². The number of hydrogen-bond acceptors (Lipinski definition) is 2. The van der Waals surface area contributed by atoms with Crippen molar-refractivity contribution in [1.29, 1.82) is 0 Å². The molecule has 0 rings (SSSR count). The first-order valence-electron chi connectivity index (χ1n) is 6.01. The van der Waals surface area contributed by atoms with Gasteiger partial charge in [0.05, 0.1) is 13.1 Å². The van der Waals surface area contributed by atoms with Crippen molar-refractivity contribution in [3.63, 3.8) is 0 Å². The van der Waals surface area contributed by atoms with Crippen molar-refractivity contribution in [2.45, 2.75) is 53.0 Å². The maximum absolute atomic E-state index is 5.52. The summed E-state index contributed by atoms with van der Waals surface area (Å²) in [6, 6.07) is 0. The summed E-state index contributed by atoms with van der Waals surface area (Å²) in [5.74, 6) is 0. The van der Waals surface area contributed by atoms with Gasteiger partial charge in [-0.05, 0) is 13.3 Å². The average molecular weight is 218 g/mol. The van der Waals surface area contributed by atoms with E-state index in [9.17, 15) is 0 Å². The lowest BCUT2D eigenvalue weighted by molar-refractivity contribution is -1.01. The van der Waals surface area contributed by atoms with Gasteiger partial charge in [-0.2, -0.15) is 0 Å². The highest BCUT2D eigenvalue weighted by atomic mass is 16.5. The van der Waals surface area contributed by atoms with Crippen molar-refractivity contribution in [3.05, 3.63) is 0 Å². The normalized spacial score (nSPS) is 19.6. The number of quaternary nitrogens is 1. The Morgan fingerprint density at radius 1 is 1.00 bits per heavy atom. The molecule has 0 saturated heterocycles. The number of rotatable bonds is 8. The molecule has 0 radical (unpaired) electrons. The first-order chi connectivity index (χ1) is 7.08. The van der Waals surface area contributed by atoms with Crippen LogP contribution in [-0.2, 0) is 9.47 Å². The molecule has 0 bridgehead atoms. The second-order valence-electron chi connectivity index (χ2n) is 4.17. The van der Waals surface area contributed by atoms with Crippen molar-refractivity contribution >= 4 is 0 Å². The van der Waals surface area contributed by atoms with Crippen LogP contribution in [-0.4, -0.2) is 44.2 Å². The third-order valence-electron chi connectivity index (χ3n) is 3.65. The molecule has 0 amide bonds. The third-order valence-corrected chi connectivity index (χ3v) is 3.65. The quantitative estimate of drug-likeness (QED) is 0.460. The van der Waals surface area contributed by atoms with Gasteiger partial charge in [-0.15, -0.1) is 0 Å². The van der Waals surface area contributed by atoms with Gasteiger partial charge in [0.2, 0.25) is 0 Å². The Labute approximate surface area is 95.0 Å². The number of unbranched alkanes of at least 4 members (excludes halogenated alkanes) is 1. The Hall–Kier alpha value is -0.120. The second-order valence-corrected chi connectivity index (χ2v) is 4.17. The number of hydrogen-bond donors (Lipinski definition) is 0. The summed E-state index contributed by atoms with van der Waals surface area (Å²) in [7, 11) is 3.56. The van der Waals surface area contributed by atoms with Crippen LogP contribution >= 0.6 is 0 Å². The molecule has 3 heteroatoms.